The van der Waals surface area contributed by atoms with E-state index in [1.807, 2.05) is 0 Å². The highest BCUT2D eigenvalue weighted by Gasteiger charge is 2.26. The minimum atomic E-state index is -1.06. The maximum atomic E-state index is 11.0. The summed E-state index contributed by atoms with van der Waals surface area (Å²) >= 11 is 0. The topological polar surface area (TPSA) is 78.9 Å². The molecule has 0 heterocycles. The molecule has 0 rings (SSSR count). The van der Waals surface area contributed by atoms with Crippen molar-refractivity contribution in [1.29, 1.82) is 0 Å². The number of methoxy groups -OCH3 is 3. The summed E-state index contributed by atoms with van der Waals surface area (Å²) in [6.45, 7) is 0. The summed E-state index contributed by atoms with van der Waals surface area (Å²) in [6.07, 6.45) is -1.44. The van der Waals surface area contributed by atoms with Crippen LogP contribution in [0.3, 0.4) is 0 Å². The molecule has 0 saturated heterocycles. The number of hydrogen-bond donors (Lipinski definition) is 0. The van der Waals surface area contributed by atoms with Crippen molar-refractivity contribution in [3.63, 3.8) is 0 Å². The molecule has 0 saturated carbocycles. The Labute approximate surface area is 81.1 Å². The fourth-order valence-electron chi connectivity index (χ4n) is 0.760. The van der Waals surface area contributed by atoms with E-state index in [1.54, 1.807) is 0 Å². The van der Waals surface area contributed by atoms with Gasteiger partial charge in [-0.25, -0.2) is 9.59 Å². The van der Waals surface area contributed by atoms with Crippen LogP contribution in [-0.4, -0.2) is 45.2 Å². The molecule has 80 valence electrons. The van der Waals surface area contributed by atoms with Crippen molar-refractivity contribution >= 4 is 17.7 Å². The van der Waals surface area contributed by atoms with Crippen LogP contribution < -0.4 is 0 Å². The second kappa shape index (κ2) is 6.09. The van der Waals surface area contributed by atoms with Crippen LogP contribution in [0.1, 0.15) is 6.42 Å². The third-order valence-electron chi connectivity index (χ3n) is 1.53. The van der Waals surface area contributed by atoms with Gasteiger partial charge in [-0.15, -0.1) is 0 Å². The number of ketones is 1. The van der Waals surface area contributed by atoms with E-state index in [0.29, 0.717) is 0 Å². The van der Waals surface area contributed by atoms with E-state index in [1.165, 1.54) is 7.11 Å². The Balaban J connectivity index is 4.25. The number of carbonyl (C=O) groups is 3. The van der Waals surface area contributed by atoms with Gasteiger partial charge >= 0.3 is 11.9 Å². The fraction of sp³-hybridized carbons (Fsp3) is 0.625. The maximum absolute atomic E-state index is 11.0. The van der Waals surface area contributed by atoms with Crippen LogP contribution in [0, 0.1) is 0 Å². The number of rotatable bonds is 5. The molecular formula is C8H12O6. The van der Waals surface area contributed by atoms with Crippen LogP contribution in [-0.2, 0) is 28.6 Å². The smallest absolute Gasteiger partial charge is 0.374 e. The zero-order valence-corrected chi connectivity index (χ0v) is 8.23. The zero-order valence-electron chi connectivity index (χ0n) is 8.23. The average molecular weight is 204 g/mol. The van der Waals surface area contributed by atoms with Crippen molar-refractivity contribution in [2.45, 2.75) is 12.5 Å². The molecule has 6 nitrogen and oxygen atoms in total. The molecule has 0 bridgehead atoms. The molecule has 14 heavy (non-hydrogen) atoms. The van der Waals surface area contributed by atoms with Gasteiger partial charge in [0.05, 0.1) is 20.6 Å². The van der Waals surface area contributed by atoms with Gasteiger partial charge in [-0.05, 0) is 0 Å². The van der Waals surface area contributed by atoms with Crippen LogP contribution in [0.4, 0.5) is 0 Å². The van der Waals surface area contributed by atoms with Crippen molar-refractivity contribution in [2.75, 3.05) is 21.3 Å². The third-order valence-corrected chi connectivity index (χ3v) is 1.53. The minimum Gasteiger partial charge on any atom is -0.467 e. The lowest BCUT2D eigenvalue weighted by atomic mass is 10.2. The van der Waals surface area contributed by atoms with E-state index in [4.69, 9.17) is 0 Å². The largest absolute Gasteiger partial charge is 0.467 e. The first kappa shape index (κ1) is 12.6. The van der Waals surface area contributed by atoms with E-state index in [9.17, 15) is 14.4 Å². The Morgan fingerprint density at radius 1 is 1.07 bits per heavy atom. The standard InChI is InChI=1S/C8H12O6/c1-12-6(8(11)14-3)4-5(9)7(10)13-2/h6H,4H2,1-3H3. The molecule has 0 aliphatic rings. The average Bonchev–Trinajstić information content (AvgIpc) is 2.22. The SMILES string of the molecule is COC(=O)C(=O)CC(OC)C(=O)OC. The number of esters is 2. The first-order valence-electron chi connectivity index (χ1n) is 3.78. The maximum Gasteiger partial charge on any atom is 0.374 e. The van der Waals surface area contributed by atoms with E-state index in [-0.39, 0.29) is 6.42 Å². The van der Waals surface area contributed by atoms with Crippen molar-refractivity contribution in [3.05, 3.63) is 0 Å². The van der Waals surface area contributed by atoms with Crippen LogP contribution in [0.2, 0.25) is 0 Å². The summed E-state index contributed by atoms with van der Waals surface area (Å²) in [7, 11) is 3.49. The Morgan fingerprint density at radius 2 is 1.64 bits per heavy atom. The molecule has 0 aliphatic heterocycles. The Hall–Kier alpha value is -1.43. The quantitative estimate of drug-likeness (QED) is 0.435. The molecule has 1 atom stereocenters. The number of carbonyl (C=O) groups excluding carboxylic acids is 3. The van der Waals surface area contributed by atoms with Gasteiger partial charge in [0.15, 0.2) is 6.10 Å². The molecule has 6 heteroatoms. The number of ether oxygens (including phenoxy) is 3. The van der Waals surface area contributed by atoms with Gasteiger partial charge in [0, 0.05) is 7.11 Å². The molecule has 0 aromatic rings. The summed E-state index contributed by atoms with van der Waals surface area (Å²) in [6, 6.07) is 0. The number of Topliss-reactive ketones (excluding diaryl/α,β-unsaturated/α-hetero) is 1. The zero-order chi connectivity index (χ0) is 11.1. The predicted octanol–water partition coefficient (Wildman–Crippen LogP) is -0.693. The van der Waals surface area contributed by atoms with E-state index in [2.05, 4.69) is 14.2 Å². The van der Waals surface area contributed by atoms with Gasteiger partial charge in [-0.3, -0.25) is 4.79 Å². The highest BCUT2D eigenvalue weighted by Crippen LogP contribution is 2.01. The predicted molar refractivity (Wildman–Crippen MR) is 44.5 cm³/mol. The molecule has 0 spiro atoms. The fourth-order valence-corrected chi connectivity index (χ4v) is 0.760. The molecule has 0 radical (unpaired) electrons. The second-order valence-electron chi connectivity index (χ2n) is 2.37. The van der Waals surface area contributed by atoms with Crippen LogP contribution in [0.5, 0.6) is 0 Å². The third kappa shape index (κ3) is 3.53. The number of hydrogen-bond acceptors (Lipinski definition) is 6. The molecule has 0 aromatic carbocycles. The Kier molecular flexibility index (Phi) is 5.47. The van der Waals surface area contributed by atoms with Crippen molar-refractivity contribution in [1.82, 2.24) is 0 Å². The molecule has 0 amide bonds. The van der Waals surface area contributed by atoms with E-state index in [0.717, 1.165) is 14.2 Å². The first-order chi connectivity index (χ1) is 6.56. The van der Waals surface area contributed by atoms with Crippen LogP contribution >= 0.6 is 0 Å². The molecule has 0 N–H and O–H groups in total. The summed E-state index contributed by atoms with van der Waals surface area (Å²) in [4.78, 5) is 32.6. The molecule has 1 unspecified atom stereocenters. The molecular weight excluding hydrogens is 192 g/mol. The van der Waals surface area contributed by atoms with Gasteiger partial charge in [-0.1, -0.05) is 0 Å². The van der Waals surface area contributed by atoms with Crippen LogP contribution in [0.25, 0.3) is 0 Å². The Bertz CT molecular complexity index is 234. The van der Waals surface area contributed by atoms with Gasteiger partial charge in [0.25, 0.3) is 0 Å². The normalized spacial score (nSPS) is 11.6. The summed E-state index contributed by atoms with van der Waals surface area (Å²) in [5.74, 6) is -2.54. The van der Waals surface area contributed by atoms with E-state index >= 15 is 0 Å². The highest BCUT2D eigenvalue weighted by atomic mass is 16.6. The Morgan fingerprint density at radius 3 is 2.00 bits per heavy atom. The first-order valence-corrected chi connectivity index (χ1v) is 3.78. The molecule has 0 fully saturated rings. The molecule has 0 aliphatic carbocycles. The lowest BCUT2D eigenvalue weighted by Crippen LogP contribution is -2.30. The minimum absolute atomic E-state index is 0.379. The lowest BCUT2D eigenvalue weighted by molar-refractivity contribution is -0.158. The van der Waals surface area contributed by atoms with Gasteiger partial charge in [0.1, 0.15) is 0 Å². The van der Waals surface area contributed by atoms with Gasteiger partial charge < -0.3 is 14.2 Å². The summed E-state index contributed by atoms with van der Waals surface area (Å²) < 4.78 is 13.2. The van der Waals surface area contributed by atoms with Crippen molar-refractivity contribution in [3.8, 4) is 0 Å². The second-order valence-corrected chi connectivity index (χ2v) is 2.37. The molecule has 0 aromatic heterocycles. The lowest BCUT2D eigenvalue weighted by Gasteiger charge is -2.10. The van der Waals surface area contributed by atoms with Crippen molar-refractivity contribution < 1.29 is 28.6 Å². The summed E-state index contributed by atoms with van der Waals surface area (Å²) in [5, 5.41) is 0. The van der Waals surface area contributed by atoms with Gasteiger partial charge in [-0.2, -0.15) is 0 Å². The van der Waals surface area contributed by atoms with Crippen molar-refractivity contribution in [2.24, 2.45) is 0 Å². The van der Waals surface area contributed by atoms with Crippen LogP contribution in [0.15, 0.2) is 0 Å². The monoisotopic (exact) mass is 204 g/mol. The van der Waals surface area contributed by atoms with E-state index < -0.39 is 23.8 Å². The summed E-state index contributed by atoms with van der Waals surface area (Å²) in [5.41, 5.74) is 0. The van der Waals surface area contributed by atoms with Gasteiger partial charge in [0.2, 0.25) is 5.78 Å². The highest BCUT2D eigenvalue weighted by molar-refractivity contribution is 6.34.